The minimum Gasteiger partial charge on any atom is -0.316 e. The van der Waals surface area contributed by atoms with Crippen LogP contribution in [-0.4, -0.2) is 23.3 Å². The van der Waals surface area contributed by atoms with E-state index in [9.17, 15) is 0 Å². The third-order valence-corrected chi connectivity index (χ3v) is 5.72. The van der Waals surface area contributed by atoms with Gasteiger partial charge in [0, 0.05) is 22.4 Å². The highest BCUT2D eigenvalue weighted by Gasteiger charge is 2.28. The maximum Gasteiger partial charge on any atom is 0.150 e. The third-order valence-electron chi connectivity index (χ3n) is 3.27. The Balaban J connectivity index is 2.00. The van der Waals surface area contributed by atoms with E-state index in [1.807, 2.05) is 11.8 Å². The van der Waals surface area contributed by atoms with Crippen LogP contribution in [0.4, 0.5) is 0 Å². The second-order valence-corrected chi connectivity index (χ2v) is 7.07. The summed E-state index contributed by atoms with van der Waals surface area (Å²) in [6.45, 7) is 4.44. The summed E-state index contributed by atoms with van der Waals surface area (Å²) in [5.74, 6) is 0.864. The molecule has 0 aliphatic heterocycles. The SMILES string of the molecule is CNC1CCC(C)CC1Sc1nc(C)cs1. The molecule has 3 atom stereocenters. The van der Waals surface area contributed by atoms with Gasteiger partial charge in [-0.25, -0.2) is 4.98 Å². The summed E-state index contributed by atoms with van der Waals surface area (Å²) in [7, 11) is 2.08. The van der Waals surface area contributed by atoms with Gasteiger partial charge in [0.15, 0.2) is 0 Å². The lowest BCUT2D eigenvalue weighted by atomic mass is 9.87. The standard InChI is InChI=1S/C12H20N2S2/c1-8-4-5-10(13-3)11(6-8)16-12-14-9(2)7-15-12/h7-8,10-11,13H,4-6H2,1-3H3. The van der Waals surface area contributed by atoms with Gasteiger partial charge in [0.2, 0.25) is 0 Å². The Labute approximate surface area is 106 Å². The zero-order valence-corrected chi connectivity index (χ0v) is 11.8. The summed E-state index contributed by atoms with van der Waals surface area (Å²) < 4.78 is 1.23. The fourth-order valence-electron chi connectivity index (χ4n) is 2.31. The largest absolute Gasteiger partial charge is 0.316 e. The maximum absolute atomic E-state index is 4.55. The number of hydrogen-bond acceptors (Lipinski definition) is 4. The average molecular weight is 256 g/mol. The van der Waals surface area contributed by atoms with Gasteiger partial charge in [-0.05, 0) is 39.2 Å². The predicted octanol–water partition coefficient (Wildman–Crippen LogP) is 3.32. The number of aromatic nitrogens is 1. The minimum absolute atomic E-state index is 0.658. The van der Waals surface area contributed by atoms with Crippen LogP contribution in [0.1, 0.15) is 31.9 Å². The van der Waals surface area contributed by atoms with Crippen molar-refractivity contribution in [2.75, 3.05) is 7.05 Å². The van der Waals surface area contributed by atoms with Gasteiger partial charge in [-0.15, -0.1) is 11.3 Å². The van der Waals surface area contributed by atoms with Gasteiger partial charge in [0.1, 0.15) is 4.34 Å². The number of rotatable bonds is 3. The van der Waals surface area contributed by atoms with Crippen LogP contribution < -0.4 is 5.32 Å². The van der Waals surface area contributed by atoms with Crippen LogP contribution in [0.3, 0.4) is 0 Å². The Hall–Kier alpha value is -0.0600. The summed E-state index contributed by atoms with van der Waals surface area (Å²) in [6, 6.07) is 0.658. The van der Waals surface area contributed by atoms with Gasteiger partial charge in [-0.3, -0.25) is 0 Å². The quantitative estimate of drug-likeness (QED) is 0.898. The van der Waals surface area contributed by atoms with E-state index in [0.29, 0.717) is 11.3 Å². The lowest BCUT2D eigenvalue weighted by Gasteiger charge is -2.33. The molecule has 2 rings (SSSR count). The van der Waals surface area contributed by atoms with Gasteiger partial charge in [-0.2, -0.15) is 0 Å². The van der Waals surface area contributed by atoms with E-state index in [2.05, 4.69) is 36.6 Å². The molecule has 90 valence electrons. The number of thiazole rings is 1. The monoisotopic (exact) mass is 256 g/mol. The molecule has 0 saturated heterocycles. The minimum atomic E-state index is 0.658. The van der Waals surface area contributed by atoms with Gasteiger partial charge in [-0.1, -0.05) is 18.7 Å². The summed E-state index contributed by atoms with van der Waals surface area (Å²) >= 11 is 3.75. The number of nitrogens with one attached hydrogen (secondary N) is 1. The summed E-state index contributed by atoms with van der Waals surface area (Å²) in [4.78, 5) is 4.55. The zero-order chi connectivity index (χ0) is 11.5. The molecule has 1 N–H and O–H groups in total. The molecule has 1 heterocycles. The van der Waals surface area contributed by atoms with Crippen LogP contribution >= 0.6 is 23.1 Å². The van der Waals surface area contributed by atoms with Gasteiger partial charge < -0.3 is 5.32 Å². The first-order chi connectivity index (χ1) is 7.69. The van der Waals surface area contributed by atoms with Gasteiger partial charge in [0.25, 0.3) is 0 Å². The predicted molar refractivity (Wildman–Crippen MR) is 72.4 cm³/mol. The Morgan fingerprint density at radius 1 is 1.50 bits per heavy atom. The summed E-state index contributed by atoms with van der Waals surface area (Å²) in [5.41, 5.74) is 1.15. The second-order valence-electron chi connectivity index (χ2n) is 4.72. The van der Waals surface area contributed by atoms with Crippen LogP contribution in [0.2, 0.25) is 0 Å². The highest BCUT2D eigenvalue weighted by Crippen LogP contribution is 2.37. The van der Waals surface area contributed by atoms with E-state index < -0.39 is 0 Å². The highest BCUT2D eigenvalue weighted by atomic mass is 32.2. The van der Waals surface area contributed by atoms with E-state index in [4.69, 9.17) is 0 Å². The molecule has 1 aliphatic carbocycles. The summed E-state index contributed by atoms with van der Waals surface area (Å²) in [6.07, 6.45) is 3.98. The zero-order valence-electron chi connectivity index (χ0n) is 10.2. The van der Waals surface area contributed by atoms with Crippen molar-refractivity contribution in [2.45, 2.75) is 48.7 Å². The van der Waals surface area contributed by atoms with E-state index in [-0.39, 0.29) is 0 Å². The molecule has 1 aromatic rings. The molecular weight excluding hydrogens is 236 g/mol. The van der Waals surface area contributed by atoms with Crippen molar-refractivity contribution in [3.63, 3.8) is 0 Å². The Morgan fingerprint density at radius 3 is 2.94 bits per heavy atom. The molecule has 1 aromatic heterocycles. The van der Waals surface area contributed by atoms with Crippen molar-refractivity contribution in [3.05, 3.63) is 11.1 Å². The molecule has 0 radical (unpaired) electrons. The molecule has 16 heavy (non-hydrogen) atoms. The molecule has 0 aromatic carbocycles. The number of hydrogen-bond donors (Lipinski definition) is 1. The van der Waals surface area contributed by atoms with Gasteiger partial charge in [0.05, 0.1) is 0 Å². The van der Waals surface area contributed by atoms with Gasteiger partial charge >= 0.3 is 0 Å². The molecule has 0 bridgehead atoms. The Morgan fingerprint density at radius 2 is 2.31 bits per heavy atom. The fraction of sp³-hybridized carbons (Fsp3) is 0.750. The van der Waals surface area contributed by atoms with Crippen LogP contribution in [0.25, 0.3) is 0 Å². The molecule has 1 aliphatic rings. The molecular formula is C12H20N2S2. The van der Waals surface area contributed by atoms with E-state index in [0.717, 1.165) is 11.6 Å². The number of thioether (sulfide) groups is 1. The Bertz CT molecular complexity index is 338. The van der Waals surface area contributed by atoms with Crippen LogP contribution in [0.15, 0.2) is 9.72 Å². The lowest BCUT2D eigenvalue weighted by Crippen LogP contribution is -2.40. The lowest BCUT2D eigenvalue weighted by molar-refractivity contribution is 0.329. The van der Waals surface area contributed by atoms with Crippen molar-refractivity contribution in [3.8, 4) is 0 Å². The van der Waals surface area contributed by atoms with Crippen molar-refractivity contribution in [1.82, 2.24) is 10.3 Å². The molecule has 3 unspecified atom stereocenters. The molecule has 4 heteroatoms. The fourth-order valence-corrected chi connectivity index (χ4v) is 4.88. The Kier molecular flexibility index (Phi) is 4.27. The average Bonchev–Trinajstić information content (AvgIpc) is 2.64. The molecule has 1 fully saturated rings. The smallest absolute Gasteiger partial charge is 0.150 e. The van der Waals surface area contributed by atoms with Crippen molar-refractivity contribution in [1.29, 1.82) is 0 Å². The first kappa shape index (κ1) is 12.4. The second kappa shape index (κ2) is 5.52. The van der Waals surface area contributed by atoms with Crippen molar-refractivity contribution in [2.24, 2.45) is 5.92 Å². The first-order valence-electron chi connectivity index (χ1n) is 5.95. The first-order valence-corrected chi connectivity index (χ1v) is 7.71. The van der Waals surface area contributed by atoms with E-state index >= 15 is 0 Å². The number of aryl methyl sites for hydroxylation is 1. The van der Waals surface area contributed by atoms with E-state index in [1.54, 1.807) is 11.3 Å². The van der Waals surface area contributed by atoms with Crippen LogP contribution in [0, 0.1) is 12.8 Å². The third kappa shape index (κ3) is 2.99. The van der Waals surface area contributed by atoms with Crippen molar-refractivity contribution >= 4 is 23.1 Å². The summed E-state index contributed by atoms with van der Waals surface area (Å²) in [5, 5.41) is 6.29. The van der Waals surface area contributed by atoms with Crippen molar-refractivity contribution < 1.29 is 0 Å². The molecule has 1 saturated carbocycles. The highest BCUT2D eigenvalue weighted by molar-refractivity contribution is 8.01. The molecule has 0 amide bonds. The maximum atomic E-state index is 4.55. The normalized spacial score (nSPS) is 30.6. The topological polar surface area (TPSA) is 24.9 Å². The number of nitrogens with zero attached hydrogens (tertiary/aromatic N) is 1. The van der Waals surface area contributed by atoms with E-state index in [1.165, 1.54) is 23.6 Å². The molecule has 2 nitrogen and oxygen atoms in total. The molecule has 0 spiro atoms. The van der Waals surface area contributed by atoms with Crippen LogP contribution in [-0.2, 0) is 0 Å². The van der Waals surface area contributed by atoms with Crippen LogP contribution in [0.5, 0.6) is 0 Å².